The average Bonchev–Trinajstić information content (AvgIpc) is 2.09. The molecule has 0 heteroatoms. The molecule has 0 saturated heterocycles. The Morgan fingerprint density at radius 3 is 2.15 bits per heavy atom. The molecule has 0 fully saturated rings. The topological polar surface area (TPSA) is 0 Å². The van der Waals surface area contributed by atoms with Gasteiger partial charge < -0.3 is 0 Å². The molecule has 0 atom stereocenters. The molecule has 0 aliphatic carbocycles. The van der Waals surface area contributed by atoms with Crippen LogP contribution in [0, 0.1) is 6.92 Å². The van der Waals surface area contributed by atoms with Gasteiger partial charge in [-0.25, -0.2) is 0 Å². The molecule has 13 heavy (non-hydrogen) atoms. The Balaban J connectivity index is 3.07. The van der Waals surface area contributed by atoms with Crippen molar-refractivity contribution in [2.75, 3.05) is 0 Å². The number of benzene rings is 1. The van der Waals surface area contributed by atoms with Gasteiger partial charge in [0.1, 0.15) is 0 Å². The van der Waals surface area contributed by atoms with E-state index in [4.69, 9.17) is 0 Å². The monoisotopic (exact) mass is 172 g/mol. The van der Waals surface area contributed by atoms with E-state index in [2.05, 4.69) is 43.8 Å². The van der Waals surface area contributed by atoms with Gasteiger partial charge in [-0.1, -0.05) is 48.1 Å². The van der Waals surface area contributed by atoms with E-state index in [0.29, 0.717) is 0 Å². The van der Waals surface area contributed by atoms with Crippen molar-refractivity contribution < 1.29 is 0 Å². The van der Waals surface area contributed by atoms with E-state index in [1.165, 1.54) is 16.7 Å². The van der Waals surface area contributed by atoms with Gasteiger partial charge in [-0.05, 0) is 31.9 Å². The first-order valence-electron chi connectivity index (χ1n) is 4.54. The van der Waals surface area contributed by atoms with Gasteiger partial charge in [-0.15, -0.1) is 0 Å². The van der Waals surface area contributed by atoms with Gasteiger partial charge in [-0.3, -0.25) is 0 Å². The van der Waals surface area contributed by atoms with Crippen molar-refractivity contribution in [2.24, 2.45) is 0 Å². The molecule has 0 aromatic heterocycles. The van der Waals surface area contributed by atoms with E-state index in [9.17, 15) is 0 Å². The first-order valence-corrected chi connectivity index (χ1v) is 4.54. The van der Waals surface area contributed by atoms with E-state index in [1.54, 1.807) is 0 Å². The van der Waals surface area contributed by atoms with Crippen molar-refractivity contribution in [3.8, 4) is 0 Å². The highest BCUT2D eigenvalue weighted by molar-refractivity contribution is 5.77. The first-order chi connectivity index (χ1) is 6.15. The van der Waals surface area contributed by atoms with Gasteiger partial charge in [0, 0.05) is 0 Å². The van der Waals surface area contributed by atoms with E-state index in [1.807, 2.05) is 13.8 Å². The molecule has 0 aliphatic heterocycles. The first kappa shape index (κ1) is 9.79. The Hall–Kier alpha value is -1.30. The number of rotatable bonds is 2. The van der Waals surface area contributed by atoms with Crippen LogP contribution in [0.5, 0.6) is 0 Å². The zero-order chi connectivity index (χ0) is 9.84. The van der Waals surface area contributed by atoms with Crippen LogP contribution < -0.4 is 0 Å². The second-order valence-electron chi connectivity index (χ2n) is 3.35. The summed E-state index contributed by atoms with van der Waals surface area (Å²) in [5.74, 6) is 0. The minimum absolute atomic E-state index is 1.12. The fourth-order valence-corrected chi connectivity index (χ4v) is 1.39. The van der Waals surface area contributed by atoms with Crippen molar-refractivity contribution >= 4 is 5.57 Å². The molecular formula is C13H16. The minimum Gasteiger partial charge on any atom is -0.0955 e. The SMILES string of the molecule is C=C(C)/C(=C/C)c1ccc(C)cc1. The third kappa shape index (κ3) is 2.32. The highest BCUT2D eigenvalue weighted by Crippen LogP contribution is 2.21. The van der Waals surface area contributed by atoms with Gasteiger partial charge in [0.2, 0.25) is 0 Å². The van der Waals surface area contributed by atoms with Crippen molar-refractivity contribution in [1.29, 1.82) is 0 Å². The molecule has 0 N–H and O–H groups in total. The maximum atomic E-state index is 3.96. The van der Waals surface area contributed by atoms with Crippen LogP contribution in [-0.4, -0.2) is 0 Å². The molecular weight excluding hydrogens is 156 g/mol. The summed E-state index contributed by atoms with van der Waals surface area (Å²) in [6.07, 6.45) is 2.10. The van der Waals surface area contributed by atoms with Crippen molar-refractivity contribution in [3.05, 3.63) is 53.6 Å². The molecule has 0 amide bonds. The molecule has 1 aromatic rings. The molecule has 0 nitrogen and oxygen atoms in total. The van der Waals surface area contributed by atoms with Gasteiger partial charge in [0.05, 0.1) is 0 Å². The third-order valence-electron chi connectivity index (χ3n) is 2.11. The summed E-state index contributed by atoms with van der Waals surface area (Å²) in [4.78, 5) is 0. The van der Waals surface area contributed by atoms with Crippen LogP contribution in [0.2, 0.25) is 0 Å². The summed E-state index contributed by atoms with van der Waals surface area (Å²) < 4.78 is 0. The molecule has 0 bridgehead atoms. The van der Waals surface area contributed by atoms with Crippen LogP contribution in [0.1, 0.15) is 25.0 Å². The zero-order valence-electron chi connectivity index (χ0n) is 8.59. The summed E-state index contributed by atoms with van der Waals surface area (Å²) in [6.45, 7) is 10.1. The zero-order valence-corrected chi connectivity index (χ0v) is 8.59. The second-order valence-corrected chi connectivity index (χ2v) is 3.35. The Kier molecular flexibility index (Phi) is 3.07. The molecule has 0 radical (unpaired) electrons. The normalized spacial score (nSPS) is 11.5. The van der Waals surface area contributed by atoms with Crippen molar-refractivity contribution in [3.63, 3.8) is 0 Å². The van der Waals surface area contributed by atoms with Crippen LogP contribution in [-0.2, 0) is 0 Å². The number of aryl methyl sites for hydroxylation is 1. The summed E-state index contributed by atoms with van der Waals surface area (Å²) in [6, 6.07) is 8.53. The van der Waals surface area contributed by atoms with Crippen LogP contribution in [0.15, 0.2) is 42.5 Å². The van der Waals surface area contributed by atoms with Gasteiger partial charge in [0.25, 0.3) is 0 Å². The van der Waals surface area contributed by atoms with Crippen LogP contribution in [0.3, 0.4) is 0 Å². The average molecular weight is 172 g/mol. The molecule has 0 heterocycles. The van der Waals surface area contributed by atoms with E-state index < -0.39 is 0 Å². The lowest BCUT2D eigenvalue weighted by molar-refractivity contribution is 1.43. The highest BCUT2D eigenvalue weighted by atomic mass is 14.0. The smallest absolute Gasteiger partial charge is 0.0185 e. The highest BCUT2D eigenvalue weighted by Gasteiger charge is 1.99. The molecule has 0 unspecified atom stereocenters. The fourth-order valence-electron chi connectivity index (χ4n) is 1.39. The van der Waals surface area contributed by atoms with Crippen LogP contribution in [0.4, 0.5) is 0 Å². The Morgan fingerprint density at radius 1 is 1.23 bits per heavy atom. The van der Waals surface area contributed by atoms with Gasteiger partial charge in [0.15, 0.2) is 0 Å². The number of hydrogen-bond donors (Lipinski definition) is 0. The lowest BCUT2D eigenvalue weighted by atomic mass is 9.99. The Bertz CT molecular complexity index is 326. The van der Waals surface area contributed by atoms with Crippen LogP contribution >= 0.6 is 0 Å². The van der Waals surface area contributed by atoms with Gasteiger partial charge in [-0.2, -0.15) is 0 Å². The Labute approximate surface area is 80.6 Å². The summed E-state index contributed by atoms with van der Waals surface area (Å²) in [5, 5.41) is 0. The molecule has 1 rings (SSSR count). The lowest BCUT2D eigenvalue weighted by Crippen LogP contribution is -1.84. The molecule has 0 aliphatic rings. The summed E-state index contributed by atoms with van der Waals surface area (Å²) >= 11 is 0. The molecule has 68 valence electrons. The van der Waals surface area contributed by atoms with E-state index in [0.717, 1.165) is 5.57 Å². The third-order valence-corrected chi connectivity index (χ3v) is 2.11. The standard InChI is InChI=1S/C13H16/c1-5-13(10(2)3)12-8-6-11(4)7-9-12/h5-9H,2H2,1,3-4H3/b13-5-. The predicted molar refractivity (Wildman–Crippen MR) is 59.6 cm³/mol. The quantitative estimate of drug-likeness (QED) is 0.592. The van der Waals surface area contributed by atoms with Crippen LogP contribution in [0.25, 0.3) is 5.57 Å². The van der Waals surface area contributed by atoms with E-state index in [-0.39, 0.29) is 0 Å². The molecule has 0 saturated carbocycles. The van der Waals surface area contributed by atoms with E-state index >= 15 is 0 Å². The van der Waals surface area contributed by atoms with Gasteiger partial charge >= 0.3 is 0 Å². The second kappa shape index (κ2) is 4.08. The van der Waals surface area contributed by atoms with Crippen molar-refractivity contribution in [2.45, 2.75) is 20.8 Å². The summed E-state index contributed by atoms with van der Waals surface area (Å²) in [5.41, 5.74) is 4.90. The Morgan fingerprint density at radius 2 is 1.77 bits per heavy atom. The largest absolute Gasteiger partial charge is 0.0955 e. The summed E-state index contributed by atoms with van der Waals surface area (Å²) in [7, 11) is 0. The maximum absolute atomic E-state index is 3.96. The maximum Gasteiger partial charge on any atom is -0.0185 e. The predicted octanol–water partition coefficient (Wildman–Crippen LogP) is 3.97. The number of hydrogen-bond acceptors (Lipinski definition) is 0. The number of allylic oxidation sites excluding steroid dienone is 3. The molecule has 1 aromatic carbocycles. The minimum atomic E-state index is 1.12. The lowest BCUT2D eigenvalue weighted by Gasteiger charge is -2.06. The van der Waals surface area contributed by atoms with Crippen molar-refractivity contribution in [1.82, 2.24) is 0 Å². The fraction of sp³-hybridized carbons (Fsp3) is 0.231. The molecule has 0 spiro atoms.